The molecule has 0 fully saturated rings. The van der Waals surface area contributed by atoms with E-state index in [-0.39, 0.29) is 10.8 Å². The lowest BCUT2D eigenvalue weighted by Crippen LogP contribution is -2.52. The first-order chi connectivity index (χ1) is 12.1. The molecule has 26 heavy (non-hydrogen) atoms. The zero-order valence-electron chi connectivity index (χ0n) is 15.3. The van der Waals surface area contributed by atoms with E-state index in [1.807, 2.05) is 58.0 Å². The van der Waals surface area contributed by atoms with Crippen molar-refractivity contribution in [3.05, 3.63) is 63.1 Å². The molecule has 0 saturated carbocycles. The molecule has 2 aromatic carbocycles. The van der Waals surface area contributed by atoms with Crippen LogP contribution in [0, 0.1) is 0 Å². The Morgan fingerprint density at radius 1 is 1.23 bits per heavy atom. The van der Waals surface area contributed by atoms with Crippen molar-refractivity contribution in [2.45, 2.75) is 50.5 Å². The van der Waals surface area contributed by atoms with Gasteiger partial charge >= 0.3 is 0 Å². The Bertz CT molecular complexity index is 838. The summed E-state index contributed by atoms with van der Waals surface area (Å²) in [5.41, 5.74) is 1.43. The lowest BCUT2D eigenvalue weighted by atomic mass is 9.84. The number of rotatable bonds is 4. The molecule has 2 aromatic rings. The van der Waals surface area contributed by atoms with Crippen molar-refractivity contribution in [2.75, 3.05) is 0 Å². The quantitative estimate of drug-likeness (QED) is 0.671. The van der Waals surface area contributed by atoms with Gasteiger partial charge in [-0.3, -0.25) is 0 Å². The molecule has 1 aliphatic heterocycles. The summed E-state index contributed by atoms with van der Waals surface area (Å²) >= 11 is 9.88. The third kappa shape index (κ3) is 3.59. The average molecular weight is 457 g/mol. The predicted octanol–water partition coefficient (Wildman–Crippen LogP) is 5.37. The van der Waals surface area contributed by atoms with Gasteiger partial charge in [0.05, 0.1) is 26.8 Å². The summed E-state index contributed by atoms with van der Waals surface area (Å²) in [7, 11) is -1.21. The molecule has 0 aliphatic carbocycles. The Balaban J connectivity index is 2.04. The minimum atomic E-state index is -1.21. The smallest absolute Gasteiger partial charge is 0.154 e. The highest BCUT2D eigenvalue weighted by molar-refractivity contribution is 9.10. The van der Waals surface area contributed by atoms with Crippen molar-refractivity contribution in [2.24, 2.45) is 0 Å². The Morgan fingerprint density at radius 3 is 2.50 bits per heavy atom. The van der Waals surface area contributed by atoms with Crippen molar-refractivity contribution in [3.63, 3.8) is 0 Å². The van der Waals surface area contributed by atoms with Gasteiger partial charge in [-0.25, -0.2) is 8.93 Å². The maximum Gasteiger partial charge on any atom is 0.154 e. The largest absolute Gasteiger partial charge is 0.480 e. The van der Waals surface area contributed by atoms with E-state index in [9.17, 15) is 4.21 Å². The van der Waals surface area contributed by atoms with Gasteiger partial charge in [-0.2, -0.15) is 0 Å². The van der Waals surface area contributed by atoms with Gasteiger partial charge in [-0.15, -0.1) is 0 Å². The molecule has 3 nitrogen and oxygen atoms in total. The van der Waals surface area contributed by atoms with E-state index in [1.165, 1.54) is 0 Å². The molecule has 1 aliphatic rings. The highest BCUT2D eigenvalue weighted by atomic mass is 79.9. The molecule has 6 heteroatoms. The number of fused-ring (bicyclic) bond motifs is 1. The van der Waals surface area contributed by atoms with Crippen molar-refractivity contribution in [1.29, 1.82) is 0 Å². The van der Waals surface area contributed by atoms with E-state index in [2.05, 4.69) is 32.8 Å². The first-order valence-electron chi connectivity index (χ1n) is 8.54. The molecule has 3 atom stereocenters. The molecule has 0 radical (unpaired) electrons. The Hall–Kier alpha value is -0.880. The van der Waals surface area contributed by atoms with Crippen LogP contribution in [0.4, 0.5) is 0 Å². The Labute approximate surface area is 171 Å². The van der Waals surface area contributed by atoms with E-state index in [1.54, 1.807) is 0 Å². The van der Waals surface area contributed by atoms with Crippen LogP contribution in [0.25, 0.3) is 0 Å². The number of hydrogen-bond acceptors (Lipinski definition) is 2. The van der Waals surface area contributed by atoms with E-state index in [0.717, 1.165) is 21.3 Å². The second-order valence-electron chi connectivity index (χ2n) is 7.59. The van der Waals surface area contributed by atoms with Crippen LogP contribution in [0.5, 0.6) is 5.75 Å². The summed E-state index contributed by atoms with van der Waals surface area (Å²) in [6, 6.07) is 13.6. The van der Waals surface area contributed by atoms with Crippen molar-refractivity contribution >= 4 is 38.5 Å². The van der Waals surface area contributed by atoms with Gasteiger partial charge in [-0.1, -0.05) is 41.9 Å². The minimum absolute atomic E-state index is 0.178. The molecule has 140 valence electrons. The van der Waals surface area contributed by atoms with E-state index >= 15 is 0 Å². The van der Waals surface area contributed by atoms with Gasteiger partial charge in [0.2, 0.25) is 0 Å². The fourth-order valence-corrected chi connectivity index (χ4v) is 4.65. The molecule has 0 aromatic heterocycles. The third-order valence-corrected chi connectivity index (χ3v) is 7.82. The van der Waals surface area contributed by atoms with Crippen molar-refractivity contribution in [3.8, 4) is 5.75 Å². The van der Waals surface area contributed by atoms with Crippen LogP contribution < -0.4 is 9.46 Å². The van der Waals surface area contributed by atoms with Gasteiger partial charge in [-0.05, 0) is 61.3 Å². The lowest BCUT2D eigenvalue weighted by Gasteiger charge is -2.37. The molecule has 3 rings (SSSR count). The van der Waals surface area contributed by atoms with E-state index in [0.29, 0.717) is 11.4 Å². The Morgan fingerprint density at radius 2 is 1.88 bits per heavy atom. The van der Waals surface area contributed by atoms with Crippen LogP contribution in [0.3, 0.4) is 0 Å². The van der Waals surface area contributed by atoms with Gasteiger partial charge < -0.3 is 4.74 Å². The molecular formula is C20H23BrClNO2S. The minimum Gasteiger partial charge on any atom is -0.480 e. The molecule has 0 spiro atoms. The summed E-state index contributed by atoms with van der Waals surface area (Å²) in [6.07, 6.45) is 0.642. The van der Waals surface area contributed by atoms with Crippen LogP contribution >= 0.6 is 27.5 Å². The van der Waals surface area contributed by atoms with Crippen LogP contribution in [0.15, 0.2) is 46.9 Å². The summed E-state index contributed by atoms with van der Waals surface area (Å²) in [4.78, 5) is 0. The molecular weight excluding hydrogens is 434 g/mol. The SMILES string of the molecule is CC(NS(=O)C(C)(C)C)[C@@]1(c2ccccc2)Cc2c(ccc(Cl)c2Br)O1. The van der Waals surface area contributed by atoms with Crippen molar-refractivity contribution < 1.29 is 8.95 Å². The standard InChI is InChI=1S/C20H23BrClNO2S/c1-13(23-26(24)19(2,3)4)20(14-8-6-5-7-9-14)12-15-17(25-20)11-10-16(22)18(15)21/h5-11,13,23H,12H2,1-4H3/t13?,20-,26?/m1/s1. The molecule has 1 heterocycles. The number of ether oxygens (including phenoxy) is 1. The highest BCUT2D eigenvalue weighted by Crippen LogP contribution is 2.48. The average Bonchev–Trinajstić information content (AvgIpc) is 3.00. The fourth-order valence-electron chi connectivity index (χ4n) is 3.14. The third-order valence-electron chi connectivity index (χ3n) is 4.69. The number of hydrogen-bond donors (Lipinski definition) is 1. The van der Waals surface area contributed by atoms with E-state index < -0.39 is 16.6 Å². The maximum absolute atomic E-state index is 12.7. The van der Waals surface area contributed by atoms with Gasteiger partial charge in [0.15, 0.2) is 5.60 Å². The summed E-state index contributed by atoms with van der Waals surface area (Å²) < 4.78 is 23.0. The summed E-state index contributed by atoms with van der Waals surface area (Å²) in [5.74, 6) is 0.806. The number of benzene rings is 2. The molecule has 0 saturated heterocycles. The molecule has 0 amide bonds. The van der Waals surface area contributed by atoms with Gasteiger partial charge in [0.25, 0.3) is 0 Å². The van der Waals surface area contributed by atoms with Crippen LogP contribution in [-0.4, -0.2) is 15.0 Å². The Kier molecular flexibility index (Phi) is 5.55. The van der Waals surface area contributed by atoms with Crippen LogP contribution in [0.2, 0.25) is 5.02 Å². The number of halogens is 2. The van der Waals surface area contributed by atoms with Crippen molar-refractivity contribution in [1.82, 2.24) is 4.72 Å². The zero-order valence-corrected chi connectivity index (χ0v) is 18.5. The maximum atomic E-state index is 12.7. The van der Waals surface area contributed by atoms with E-state index in [4.69, 9.17) is 16.3 Å². The molecule has 2 unspecified atom stereocenters. The molecule has 1 N–H and O–H groups in total. The normalized spacial score (nSPS) is 21.8. The summed E-state index contributed by atoms with van der Waals surface area (Å²) in [6.45, 7) is 7.90. The van der Waals surface area contributed by atoms with Gasteiger partial charge in [0.1, 0.15) is 5.75 Å². The monoisotopic (exact) mass is 455 g/mol. The lowest BCUT2D eigenvalue weighted by molar-refractivity contribution is 0.0627. The summed E-state index contributed by atoms with van der Waals surface area (Å²) in [5, 5.41) is 0.662. The van der Waals surface area contributed by atoms with Crippen LogP contribution in [-0.2, 0) is 23.0 Å². The number of nitrogens with one attached hydrogen (secondary N) is 1. The fraction of sp³-hybridized carbons (Fsp3) is 0.400. The van der Waals surface area contributed by atoms with Gasteiger partial charge in [0, 0.05) is 16.5 Å². The topological polar surface area (TPSA) is 38.3 Å². The second kappa shape index (κ2) is 7.27. The highest BCUT2D eigenvalue weighted by Gasteiger charge is 2.47. The second-order valence-corrected chi connectivity index (χ2v) is 10.8. The van der Waals surface area contributed by atoms with Crippen LogP contribution in [0.1, 0.15) is 38.8 Å². The molecule has 0 bridgehead atoms. The first kappa shape index (κ1) is 19.9. The first-order valence-corrected chi connectivity index (χ1v) is 10.9. The predicted molar refractivity (Wildman–Crippen MR) is 112 cm³/mol. The zero-order chi connectivity index (χ0) is 19.1.